The Bertz CT molecular complexity index is 388. The molecule has 1 aromatic rings. The molecule has 1 rings (SSSR count). The molecule has 0 bridgehead atoms. The molecule has 0 fully saturated rings. The fourth-order valence-electron chi connectivity index (χ4n) is 1.04. The number of carbonyl (C=O) groups excluding carboxylic acids is 1. The molecular formula is C11H11F3O3. The summed E-state index contributed by atoms with van der Waals surface area (Å²) in [5, 5.41) is 0. The van der Waals surface area contributed by atoms with Crippen molar-refractivity contribution in [3.05, 3.63) is 24.3 Å². The van der Waals surface area contributed by atoms with Crippen LogP contribution >= 0.6 is 0 Å². The van der Waals surface area contributed by atoms with Crippen molar-refractivity contribution >= 4 is 5.78 Å². The molecule has 0 aromatic heterocycles. The summed E-state index contributed by atoms with van der Waals surface area (Å²) in [6.07, 6.45) is -4.52. The summed E-state index contributed by atoms with van der Waals surface area (Å²) in [6, 6.07) is 5.31. The van der Waals surface area contributed by atoms with E-state index < -0.39 is 12.1 Å². The first kappa shape index (κ1) is 13.3. The van der Waals surface area contributed by atoms with Gasteiger partial charge in [-0.25, -0.2) is 0 Å². The van der Waals surface area contributed by atoms with E-state index in [0.29, 0.717) is 0 Å². The lowest BCUT2D eigenvalue weighted by Crippen LogP contribution is -2.18. The number of Topliss-reactive ketones (excluding diaryl/α,β-unsaturated/α-hetero) is 1. The molecule has 3 nitrogen and oxygen atoms in total. The molecule has 0 aliphatic heterocycles. The van der Waals surface area contributed by atoms with Crippen molar-refractivity contribution in [1.82, 2.24) is 0 Å². The van der Waals surface area contributed by atoms with Crippen LogP contribution in [0.1, 0.15) is 13.3 Å². The number of carbonyl (C=O) groups is 1. The molecule has 0 saturated heterocycles. The van der Waals surface area contributed by atoms with Crippen LogP contribution in [-0.4, -0.2) is 18.8 Å². The van der Waals surface area contributed by atoms with Crippen LogP contribution < -0.4 is 9.47 Å². The van der Waals surface area contributed by atoms with Gasteiger partial charge in [0.05, 0.1) is 0 Å². The van der Waals surface area contributed by atoms with E-state index in [1.165, 1.54) is 18.2 Å². The number of rotatable bonds is 5. The predicted octanol–water partition coefficient (Wildman–Crippen LogP) is 2.94. The lowest BCUT2D eigenvalue weighted by molar-refractivity contribution is -0.275. The van der Waals surface area contributed by atoms with Crippen LogP contribution in [0.3, 0.4) is 0 Å². The molecule has 17 heavy (non-hydrogen) atoms. The van der Waals surface area contributed by atoms with E-state index in [-0.39, 0.29) is 24.6 Å². The molecule has 0 radical (unpaired) electrons. The van der Waals surface area contributed by atoms with Crippen LogP contribution in [0.2, 0.25) is 0 Å². The van der Waals surface area contributed by atoms with Gasteiger partial charge in [-0.2, -0.15) is 0 Å². The first-order valence-corrected chi connectivity index (χ1v) is 4.91. The van der Waals surface area contributed by atoms with Crippen LogP contribution in [0.4, 0.5) is 13.2 Å². The van der Waals surface area contributed by atoms with E-state index in [2.05, 4.69) is 4.74 Å². The Labute approximate surface area is 96.1 Å². The highest BCUT2D eigenvalue weighted by molar-refractivity contribution is 5.79. The van der Waals surface area contributed by atoms with Crippen molar-refractivity contribution in [2.45, 2.75) is 19.7 Å². The second-order valence-electron chi connectivity index (χ2n) is 3.18. The largest absolute Gasteiger partial charge is 0.573 e. The van der Waals surface area contributed by atoms with Crippen molar-refractivity contribution in [1.29, 1.82) is 0 Å². The van der Waals surface area contributed by atoms with Gasteiger partial charge in [-0.15, -0.1) is 13.2 Å². The Morgan fingerprint density at radius 2 is 1.82 bits per heavy atom. The van der Waals surface area contributed by atoms with Crippen LogP contribution in [0.15, 0.2) is 24.3 Å². The van der Waals surface area contributed by atoms with E-state index in [1.807, 2.05) is 0 Å². The van der Waals surface area contributed by atoms with Crippen molar-refractivity contribution in [3.8, 4) is 11.5 Å². The lowest BCUT2D eigenvalue weighted by atomic mass is 10.3. The quantitative estimate of drug-likeness (QED) is 0.803. The summed E-state index contributed by atoms with van der Waals surface area (Å²) < 4.78 is 44.8. The van der Waals surface area contributed by atoms with E-state index in [9.17, 15) is 18.0 Å². The maximum absolute atomic E-state index is 12.0. The predicted molar refractivity (Wildman–Crippen MR) is 53.9 cm³/mol. The Morgan fingerprint density at radius 3 is 2.35 bits per heavy atom. The van der Waals surface area contributed by atoms with Gasteiger partial charge in [-0.3, -0.25) is 4.79 Å². The van der Waals surface area contributed by atoms with Crippen molar-refractivity contribution < 1.29 is 27.4 Å². The van der Waals surface area contributed by atoms with Crippen LogP contribution in [0.25, 0.3) is 0 Å². The van der Waals surface area contributed by atoms with Gasteiger partial charge in [0, 0.05) is 6.42 Å². The van der Waals surface area contributed by atoms with Gasteiger partial charge < -0.3 is 9.47 Å². The van der Waals surface area contributed by atoms with E-state index >= 15 is 0 Å². The van der Waals surface area contributed by atoms with Gasteiger partial charge in [0.15, 0.2) is 17.3 Å². The number of hydrogen-bond donors (Lipinski definition) is 0. The molecule has 6 heteroatoms. The SMILES string of the molecule is CCC(=O)COc1ccccc1OC(F)(F)F. The summed E-state index contributed by atoms with van der Waals surface area (Å²) in [5.41, 5.74) is 0. The Hall–Kier alpha value is -1.72. The van der Waals surface area contributed by atoms with E-state index in [4.69, 9.17) is 4.74 Å². The fraction of sp³-hybridized carbons (Fsp3) is 0.364. The van der Waals surface area contributed by atoms with E-state index in [1.54, 1.807) is 6.92 Å². The lowest BCUT2D eigenvalue weighted by Gasteiger charge is -2.13. The van der Waals surface area contributed by atoms with Crippen LogP contribution in [0.5, 0.6) is 11.5 Å². The number of para-hydroxylation sites is 2. The Balaban J connectivity index is 2.74. The molecule has 0 atom stereocenters. The van der Waals surface area contributed by atoms with Gasteiger partial charge >= 0.3 is 6.36 Å². The fourth-order valence-corrected chi connectivity index (χ4v) is 1.04. The summed E-state index contributed by atoms with van der Waals surface area (Å²) in [6.45, 7) is 1.37. The third kappa shape index (κ3) is 4.76. The zero-order valence-corrected chi connectivity index (χ0v) is 9.08. The van der Waals surface area contributed by atoms with E-state index in [0.717, 1.165) is 6.07 Å². The highest BCUT2D eigenvalue weighted by Crippen LogP contribution is 2.31. The summed E-state index contributed by atoms with van der Waals surface area (Å²) in [4.78, 5) is 11.0. The first-order valence-electron chi connectivity index (χ1n) is 4.91. The molecule has 0 aliphatic rings. The zero-order valence-electron chi connectivity index (χ0n) is 9.08. The highest BCUT2D eigenvalue weighted by Gasteiger charge is 2.32. The second-order valence-corrected chi connectivity index (χ2v) is 3.18. The monoisotopic (exact) mass is 248 g/mol. The minimum absolute atomic E-state index is 0.105. The van der Waals surface area contributed by atoms with Gasteiger partial charge in [0.25, 0.3) is 0 Å². The molecule has 0 heterocycles. The topological polar surface area (TPSA) is 35.5 Å². The van der Waals surface area contributed by atoms with Crippen molar-refractivity contribution in [2.75, 3.05) is 6.61 Å². The van der Waals surface area contributed by atoms with Crippen LogP contribution in [0, 0.1) is 0 Å². The zero-order chi connectivity index (χ0) is 12.9. The van der Waals surface area contributed by atoms with Gasteiger partial charge in [0.2, 0.25) is 0 Å². The molecule has 0 spiro atoms. The number of ether oxygens (including phenoxy) is 2. The molecular weight excluding hydrogens is 237 g/mol. The Morgan fingerprint density at radius 1 is 1.24 bits per heavy atom. The normalized spacial score (nSPS) is 11.1. The standard InChI is InChI=1S/C11H11F3O3/c1-2-8(15)7-16-9-5-3-4-6-10(9)17-11(12,13)14/h3-6H,2,7H2,1H3. The number of benzene rings is 1. The Kier molecular flexibility index (Phi) is 4.37. The maximum atomic E-state index is 12.0. The molecule has 0 amide bonds. The average molecular weight is 248 g/mol. The average Bonchev–Trinajstić information content (AvgIpc) is 2.25. The third-order valence-corrected chi connectivity index (χ3v) is 1.86. The highest BCUT2D eigenvalue weighted by atomic mass is 19.4. The molecule has 0 unspecified atom stereocenters. The molecule has 0 N–H and O–H groups in total. The van der Waals surface area contributed by atoms with Crippen LogP contribution in [-0.2, 0) is 4.79 Å². The van der Waals surface area contributed by atoms with Crippen molar-refractivity contribution in [2.24, 2.45) is 0 Å². The number of alkyl halides is 3. The smallest absolute Gasteiger partial charge is 0.482 e. The number of ketones is 1. The van der Waals surface area contributed by atoms with Gasteiger partial charge in [-0.05, 0) is 12.1 Å². The molecule has 1 aromatic carbocycles. The maximum Gasteiger partial charge on any atom is 0.573 e. The number of halogens is 3. The minimum Gasteiger partial charge on any atom is -0.482 e. The third-order valence-electron chi connectivity index (χ3n) is 1.86. The summed E-state index contributed by atoms with van der Waals surface area (Å²) in [5.74, 6) is -0.762. The minimum atomic E-state index is -4.78. The van der Waals surface area contributed by atoms with Gasteiger partial charge in [0.1, 0.15) is 6.61 Å². The second kappa shape index (κ2) is 5.56. The summed E-state index contributed by atoms with van der Waals surface area (Å²) in [7, 11) is 0. The summed E-state index contributed by atoms with van der Waals surface area (Å²) >= 11 is 0. The molecule has 0 aliphatic carbocycles. The molecule has 0 saturated carbocycles. The molecule has 94 valence electrons. The van der Waals surface area contributed by atoms with Crippen molar-refractivity contribution in [3.63, 3.8) is 0 Å². The first-order chi connectivity index (χ1) is 7.92. The number of hydrogen-bond acceptors (Lipinski definition) is 3. The van der Waals surface area contributed by atoms with Gasteiger partial charge in [-0.1, -0.05) is 19.1 Å².